The summed E-state index contributed by atoms with van der Waals surface area (Å²) in [5, 5.41) is 18.2. The fourth-order valence-electron chi connectivity index (χ4n) is 4.73. The smallest absolute Gasteiger partial charge is 0.121 e. The fourth-order valence-corrected chi connectivity index (χ4v) is 5.54. The molecule has 12 heteroatoms. The Morgan fingerprint density at radius 3 is 2.43 bits per heavy atom. The number of halogens is 1. The number of thiazole rings is 1. The molecular formula is C30H54FN6O3SY-. The molecule has 9 nitrogen and oxygen atoms in total. The predicted octanol–water partition coefficient (Wildman–Crippen LogP) is 4.75. The number of carbonyl (C=O) groups is 1. The molecule has 1 atom stereocenters. The van der Waals surface area contributed by atoms with E-state index in [4.69, 9.17) is 20.4 Å². The van der Waals surface area contributed by atoms with Crippen molar-refractivity contribution in [1.82, 2.24) is 15.6 Å². The summed E-state index contributed by atoms with van der Waals surface area (Å²) < 4.78 is 20.7. The van der Waals surface area contributed by atoms with Gasteiger partial charge < -0.3 is 42.1 Å². The van der Waals surface area contributed by atoms with Crippen LogP contribution in [0.4, 0.5) is 4.39 Å². The van der Waals surface area contributed by atoms with Gasteiger partial charge in [0.2, 0.25) is 0 Å². The molecular weight excluding hydrogens is 632 g/mol. The van der Waals surface area contributed by atoms with Gasteiger partial charge in [-0.05, 0) is 75.7 Å². The third kappa shape index (κ3) is 15.7. The van der Waals surface area contributed by atoms with Crippen LogP contribution in [0.3, 0.4) is 0 Å². The SMILES string of the molecule is C=O.CN.CO.Cc1ncsc1-c1ccc(CNCNCCCCC(C(C)(C)C)C2(F)CC2)c(OC[N-]CCN)c1.[Y]. The van der Waals surface area contributed by atoms with Gasteiger partial charge in [0, 0.05) is 65.3 Å². The first-order valence-corrected chi connectivity index (χ1v) is 15.0. The van der Waals surface area contributed by atoms with Crippen molar-refractivity contribution in [3.8, 4) is 16.2 Å². The zero-order valence-electron chi connectivity index (χ0n) is 26.5. The van der Waals surface area contributed by atoms with E-state index in [9.17, 15) is 4.39 Å². The monoisotopic (exact) mass is 686 g/mol. The average molecular weight is 687 g/mol. The first kappa shape index (κ1) is 43.2. The largest absolute Gasteiger partial charge is 0.628 e. The molecule has 1 aromatic carbocycles. The standard InChI is InChI=1S/C27H43FN5OS.CH5N.CH4O.CH2O.Y/c1-20-25(35-19-33-20)21-8-9-22(23(15-21)34-18-31-14-12-29)16-32-17-30-13-6-5-7-24(26(2,3)4)27(28)10-11-27;3*1-2;/h8-9,15,19,24,30,32H,5-7,10-14,16-18,29H2,1-4H3;2H2,1H3;2H,1H3;1H2;/q-1;;;;. The van der Waals surface area contributed by atoms with Crippen molar-refractivity contribution in [1.29, 1.82) is 0 Å². The van der Waals surface area contributed by atoms with Crippen LogP contribution in [-0.2, 0) is 44.0 Å². The summed E-state index contributed by atoms with van der Waals surface area (Å²) in [6.07, 6.45) is 4.58. The zero-order chi connectivity index (χ0) is 31.3. The first-order chi connectivity index (χ1) is 19.7. The number of ether oxygens (including phenoxy) is 1. The Hall–Kier alpha value is -0.886. The van der Waals surface area contributed by atoms with Gasteiger partial charge in [-0.3, -0.25) is 0 Å². The summed E-state index contributed by atoms with van der Waals surface area (Å²) in [5.41, 5.74) is 14.3. The van der Waals surface area contributed by atoms with Gasteiger partial charge >= 0.3 is 0 Å². The maximum atomic E-state index is 14.7. The summed E-state index contributed by atoms with van der Waals surface area (Å²) in [5.74, 6) is 0.997. The number of hydrogen-bond donors (Lipinski definition) is 5. The number of aromatic nitrogens is 1. The average Bonchev–Trinajstić information content (AvgIpc) is 3.57. The molecule has 0 saturated heterocycles. The molecule has 3 rings (SSSR count). The van der Waals surface area contributed by atoms with E-state index in [2.05, 4.69) is 65.6 Å². The van der Waals surface area contributed by atoms with E-state index in [1.807, 2.05) is 19.2 Å². The Bertz CT molecular complexity index is 939. The molecule has 1 unspecified atom stereocenters. The summed E-state index contributed by atoms with van der Waals surface area (Å²) >= 11 is 1.63. The van der Waals surface area contributed by atoms with Crippen LogP contribution in [0.1, 0.15) is 64.1 Å². The maximum absolute atomic E-state index is 14.7. The Kier molecular flexibility index (Phi) is 25.2. The first-order valence-electron chi connectivity index (χ1n) is 14.2. The Balaban J connectivity index is 0. The van der Waals surface area contributed by atoms with Gasteiger partial charge in [0.05, 0.1) is 16.1 Å². The Labute approximate surface area is 282 Å². The molecule has 1 radical (unpaired) electrons. The van der Waals surface area contributed by atoms with Gasteiger partial charge in [0.15, 0.2) is 0 Å². The fraction of sp³-hybridized carbons (Fsp3) is 0.667. The van der Waals surface area contributed by atoms with Crippen molar-refractivity contribution < 1.29 is 51.7 Å². The van der Waals surface area contributed by atoms with E-state index in [1.54, 1.807) is 11.3 Å². The predicted molar refractivity (Wildman–Crippen MR) is 170 cm³/mol. The number of benzene rings is 1. The Morgan fingerprint density at radius 1 is 1.21 bits per heavy atom. The quantitative estimate of drug-likeness (QED) is 0.126. The van der Waals surface area contributed by atoms with E-state index < -0.39 is 5.67 Å². The summed E-state index contributed by atoms with van der Waals surface area (Å²) in [4.78, 5) is 13.5. The zero-order valence-corrected chi connectivity index (χ0v) is 30.2. The van der Waals surface area contributed by atoms with Gasteiger partial charge in [0.1, 0.15) is 18.2 Å². The second-order valence-electron chi connectivity index (χ2n) is 10.7. The number of nitrogens with two attached hydrogens (primary N) is 2. The van der Waals surface area contributed by atoms with Gasteiger partial charge in [-0.2, -0.15) is 0 Å². The summed E-state index contributed by atoms with van der Waals surface area (Å²) in [7, 11) is 2.50. The molecule has 7 N–H and O–H groups in total. The maximum Gasteiger partial charge on any atom is 0.121 e. The number of aliphatic hydroxyl groups excluding tert-OH is 1. The molecule has 0 bridgehead atoms. The number of alkyl halides is 1. The second kappa shape index (κ2) is 24.4. The van der Waals surface area contributed by atoms with Crippen LogP contribution >= 0.6 is 11.3 Å². The molecule has 0 spiro atoms. The van der Waals surface area contributed by atoms with Crippen LogP contribution in [0, 0.1) is 18.3 Å². The van der Waals surface area contributed by atoms with Crippen molar-refractivity contribution in [3.63, 3.8) is 0 Å². The molecule has 42 heavy (non-hydrogen) atoms. The molecule has 0 amide bonds. The minimum Gasteiger partial charge on any atom is -0.628 e. The van der Waals surface area contributed by atoms with Gasteiger partial charge in [0.25, 0.3) is 0 Å². The van der Waals surface area contributed by atoms with E-state index in [0.29, 0.717) is 33.0 Å². The number of nitrogens with zero attached hydrogens (tertiary/aromatic N) is 2. The number of hydrogen-bond acceptors (Lipinski definition) is 9. The molecule has 1 aliphatic rings. The number of aliphatic hydroxyl groups is 1. The minimum atomic E-state index is -0.904. The van der Waals surface area contributed by atoms with Crippen LogP contribution in [0.5, 0.6) is 5.75 Å². The second-order valence-corrected chi connectivity index (χ2v) is 11.5. The summed E-state index contributed by atoms with van der Waals surface area (Å²) in [6, 6.07) is 6.31. The van der Waals surface area contributed by atoms with Crippen LogP contribution < -0.4 is 26.8 Å². The van der Waals surface area contributed by atoms with Gasteiger partial charge in [-0.25, -0.2) is 9.37 Å². The Morgan fingerprint density at radius 2 is 1.88 bits per heavy atom. The van der Waals surface area contributed by atoms with E-state index in [-0.39, 0.29) is 44.0 Å². The van der Waals surface area contributed by atoms with Crippen LogP contribution in [0.2, 0.25) is 0 Å². The number of aryl methyl sites for hydroxylation is 1. The van der Waals surface area contributed by atoms with Crippen LogP contribution in [-0.4, -0.2) is 69.7 Å². The van der Waals surface area contributed by atoms with E-state index in [0.717, 1.165) is 73.2 Å². The van der Waals surface area contributed by atoms with Gasteiger partial charge in [-0.1, -0.05) is 39.3 Å². The normalized spacial score (nSPS) is 13.6. The van der Waals surface area contributed by atoms with E-state index in [1.165, 1.54) is 7.05 Å². The molecule has 1 aromatic heterocycles. The van der Waals surface area contributed by atoms with Crippen molar-refractivity contribution in [3.05, 3.63) is 40.3 Å². The molecule has 239 valence electrons. The van der Waals surface area contributed by atoms with E-state index >= 15 is 0 Å². The molecule has 1 fully saturated rings. The van der Waals surface area contributed by atoms with Crippen molar-refractivity contribution in [2.75, 3.05) is 47.2 Å². The molecule has 1 heterocycles. The number of rotatable bonds is 16. The third-order valence-corrected chi connectivity index (χ3v) is 7.71. The van der Waals surface area contributed by atoms with Crippen molar-refractivity contribution in [2.45, 2.75) is 72.0 Å². The summed E-state index contributed by atoms with van der Waals surface area (Å²) in [6.45, 7) is 14.3. The topological polar surface area (TPSA) is 150 Å². The molecule has 1 saturated carbocycles. The van der Waals surface area contributed by atoms with Gasteiger partial charge in [-0.15, -0.1) is 17.9 Å². The molecule has 0 aliphatic heterocycles. The van der Waals surface area contributed by atoms with Crippen molar-refractivity contribution in [2.24, 2.45) is 22.8 Å². The number of nitrogens with one attached hydrogen (secondary N) is 2. The third-order valence-electron chi connectivity index (χ3n) is 6.73. The van der Waals surface area contributed by atoms with Crippen molar-refractivity contribution >= 4 is 18.1 Å². The van der Waals surface area contributed by atoms with Crippen LogP contribution in [0.25, 0.3) is 15.8 Å². The molecule has 1 aliphatic carbocycles. The number of unbranched alkanes of at least 4 members (excludes halogenated alkanes) is 1. The minimum absolute atomic E-state index is 0. The van der Waals surface area contributed by atoms with Crippen LogP contribution in [0.15, 0.2) is 23.7 Å². The number of carbonyl (C=O) groups excluding carboxylic acids is 1. The molecule has 2 aromatic rings.